The normalized spacial score (nSPS) is 14.7. The van der Waals surface area contributed by atoms with Gasteiger partial charge in [-0.15, -0.1) is 0 Å². The van der Waals surface area contributed by atoms with Gasteiger partial charge in [-0.25, -0.2) is 4.79 Å². The van der Waals surface area contributed by atoms with E-state index in [2.05, 4.69) is 4.98 Å². The van der Waals surface area contributed by atoms with E-state index in [0.29, 0.717) is 16.6 Å². The van der Waals surface area contributed by atoms with Crippen LogP contribution < -0.4 is 11.5 Å². The monoisotopic (exact) mass is 457 g/mol. The van der Waals surface area contributed by atoms with Crippen LogP contribution in [0.1, 0.15) is 41.7 Å². The number of aromatic nitrogens is 1. The number of anilines is 1. The molecule has 1 unspecified atom stereocenters. The van der Waals surface area contributed by atoms with Gasteiger partial charge < -0.3 is 31.1 Å². The summed E-state index contributed by atoms with van der Waals surface area (Å²) in [5.74, 6) is -3.24. The van der Waals surface area contributed by atoms with Crippen LogP contribution in [0.25, 0.3) is 10.9 Å². The third-order valence-electron chi connectivity index (χ3n) is 5.58. The topological polar surface area (TPSA) is 169 Å². The summed E-state index contributed by atoms with van der Waals surface area (Å²) in [5.41, 5.74) is 12.6. The number of hydrogen-bond donors (Lipinski definition) is 3. The molecule has 1 fully saturated rings. The highest BCUT2D eigenvalue weighted by Crippen LogP contribution is 2.30. The zero-order valence-corrected chi connectivity index (χ0v) is 18.3. The van der Waals surface area contributed by atoms with Crippen molar-refractivity contribution in [3.63, 3.8) is 0 Å². The summed E-state index contributed by atoms with van der Waals surface area (Å²) in [7, 11) is 0. The first-order valence-corrected chi connectivity index (χ1v) is 10.6. The Labute approximate surface area is 190 Å². The Bertz CT molecular complexity index is 1080. The molecule has 0 bridgehead atoms. The molecule has 5 N–H and O–H groups in total. The highest BCUT2D eigenvalue weighted by Gasteiger charge is 2.33. The van der Waals surface area contributed by atoms with Crippen molar-refractivity contribution in [2.24, 2.45) is 5.73 Å². The molecule has 11 heteroatoms. The fourth-order valence-corrected chi connectivity index (χ4v) is 3.89. The predicted octanol–water partition coefficient (Wildman–Crippen LogP) is 1.17. The Morgan fingerprint density at radius 3 is 2.42 bits per heavy atom. The van der Waals surface area contributed by atoms with Crippen molar-refractivity contribution in [3.05, 3.63) is 35.5 Å². The Kier molecular flexibility index (Phi) is 7.31. The summed E-state index contributed by atoms with van der Waals surface area (Å²) in [4.78, 5) is 56.5. The van der Waals surface area contributed by atoms with Crippen molar-refractivity contribution in [1.82, 2.24) is 14.8 Å². The van der Waals surface area contributed by atoms with Gasteiger partial charge in [0.05, 0.1) is 29.3 Å². The molecule has 3 rings (SSSR count). The minimum atomic E-state index is -1.08. The van der Waals surface area contributed by atoms with Gasteiger partial charge in [0, 0.05) is 43.7 Å². The van der Waals surface area contributed by atoms with E-state index in [1.807, 2.05) is 0 Å². The molecule has 0 spiro atoms. The van der Waals surface area contributed by atoms with E-state index in [9.17, 15) is 24.3 Å². The number of piperazine rings is 1. The lowest BCUT2D eigenvalue weighted by Crippen LogP contribution is -2.52. The average molecular weight is 457 g/mol. The number of carbonyl (C=O) groups excluding carboxylic acids is 3. The van der Waals surface area contributed by atoms with E-state index in [4.69, 9.17) is 16.2 Å². The van der Waals surface area contributed by atoms with Crippen molar-refractivity contribution in [3.8, 4) is 0 Å². The minimum Gasteiger partial charge on any atom is -0.481 e. The van der Waals surface area contributed by atoms with Crippen molar-refractivity contribution in [2.75, 3.05) is 38.5 Å². The second-order valence-corrected chi connectivity index (χ2v) is 7.70. The van der Waals surface area contributed by atoms with Crippen LogP contribution in [0.5, 0.6) is 0 Å². The van der Waals surface area contributed by atoms with E-state index >= 15 is 0 Å². The van der Waals surface area contributed by atoms with Crippen LogP contribution in [0.3, 0.4) is 0 Å². The number of carbonyl (C=O) groups is 4. The number of primary amides is 1. The second-order valence-electron chi connectivity index (χ2n) is 7.70. The van der Waals surface area contributed by atoms with Gasteiger partial charge in [0.1, 0.15) is 0 Å². The van der Waals surface area contributed by atoms with Gasteiger partial charge in [0.15, 0.2) is 0 Å². The number of ether oxygens (including phenoxy) is 1. The lowest BCUT2D eigenvalue weighted by Gasteiger charge is -2.36. The molecular formula is C22H27N5O6. The molecule has 11 nitrogen and oxygen atoms in total. The van der Waals surface area contributed by atoms with Crippen LogP contribution in [0.4, 0.5) is 10.5 Å². The van der Waals surface area contributed by atoms with Gasteiger partial charge >= 0.3 is 12.1 Å². The van der Waals surface area contributed by atoms with Gasteiger partial charge in [-0.1, -0.05) is 6.07 Å². The van der Waals surface area contributed by atoms with Gasteiger partial charge in [-0.05, 0) is 31.5 Å². The minimum absolute atomic E-state index is 0.0225. The molecule has 0 aliphatic carbocycles. The van der Waals surface area contributed by atoms with E-state index in [1.165, 1.54) is 15.9 Å². The molecule has 1 atom stereocenters. The standard InChI is InChI=1S/C22H27N5O6/c1-2-33-22(32)27-10-8-26(9-11-27)21(31)13(6-7-18(28)29)19-15(20(24)30)12-14-16(23)4-3-5-17(14)25-19/h3-5,12-13H,2,6-11,23H2,1H3,(H2,24,30)(H,28,29). The van der Waals surface area contributed by atoms with Crippen LogP contribution in [0.15, 0.2) is 24.3 Å². The lowest BCUT2D eigenvalue weighted by atomic mass is 9.92. The maximum Gasteiger partial charge on any atom is 0.409 e. The number of amides is 3. The summed E-state index contributed by atoms with van der Waals surface area (Å²) >= 11 is 0. The van der Waals surface area contributed by atoms with Crippen molar-refractivity contribution in [1.29, 1.82) is 0 Å². The zero-order chi connectivity index (χ0) is 24.1. The fourth-order valence-electron chi connectivity index (χ4n) is 3.89. The number of carboxylic acid groups (broad SMARTS) is 1. The van der Waals surface area contributed by atoms with E-state index in [-0.39, 0.29) is 62.8 Å². The highest BCUT2D eigenvalue weighted by atomic mass is 16.6. The van der Waals surface area contributed by atoms with Crippen LogP contribution in [0, 0.1) is 0 Å². The molecule has 3 amide bonds. The van der Waals surface area contributed by atoms with Crippen LogP contribution in [0.2, 0.25) is 0 Å². The number of pyridine rings is 1. The van der Waals surface area contributed by atoms with Gasteiger partial charge in [-0.2, -0.15) is 0 Å². The summed E-state index contributed by atoms with van der Waals surface area (Å²) in [5, 5.41) is 9.74. The second kappa shape index (κ2) is 10.2. The van der Waals surface area contributed by atoms with E-state index in [1.54, 1.807) is 25.1 Å². The number of benzene rings is 1. The first kappa shape index (κ1) is 23.8. The molecule has 176 valence electrons. The Balaban J connectivity index is 1.95. The third kappa shape index (κ3) is 5.30. The molecule has 1 saturated heterocycles. The maximum absolute atomic E-state index is 13.5. The van der Waals surface area contributed by atoms with Crippen LogP contribution in [-0.4, -0.2) is 76.6 Å². The summed E-state index contributed by atoms with van der Waals surface area (Å²) in [6.07, 6.45) is -0.807. The maximum atomic E-state index is 13.5. The predicted molar refractivity (Wildman–Crippen MR) is 119 cm³/mol. The highest BCUT2D eigenvalue weighted by molar-refractivity contribution is 6.02. The number of nitrogens with zero attached hydrogens (tertiary/aromatic N) is 3. The molecule has 1 aliphatic rings. The number of aliphatic carboxylic acids is 1. The number of fused-ring (bicyclic) bond motifs is 1. The number of nitrogen functional groups attached to an aromatic ring is 1. The molecule has 33 heavy (non-hydrogen) atoms. The summed E-state index contributed by atoms with van der Waals surface area (Å²) < 4.78 is 5.00. The van der Waals surface area contributed by atoms with Gasteiger partial charge in [0.25, 0.3) is 5.91 Å². The summed E-state index contributed by atoms with van der Waals surface area (Å²) in [6.45, 7) is 3.01. The average Bonchev–Trinajstić information content (AvgIpc) is 2.79. The molecule has 2 aromatic rings. The molecule has 0 saturated carbocycles. The fraction of sp³-hybridized carbons (Fsp3) is 0.409. The first-order chi connectivity index (χ1) is 15.7. The van der Waals surface area contributed by atoms with Crippen molar-refractivity contribution in [2.45, 2.75) is 25.7 Å². The first-order valence-electron chi connectivity index (χ1n) is 10.6. The third-order valence-corrected chi connectivity index (χ3v) is 5.58. The number of hydrogen-bond acceptors (Lipinski definition) is 7. The van der Waals surface area contributed by atoms with E-state index in [0.717, 1.165) is 0 Å². The van der Waals surface area contributed by atoms with Crippen molar-refractivity contribution < 1.29 is 29.0 Å². The zero-order valence-electron chi connectivity index (χ0n) is 18.3. The largest absolute Gasteiger partial charge is 0.481 e. The Hall–Kier alpha value is -3.89. The molecule has 1 aromatic carbocycles. The lowest BCUT2D eigenvalue weighted by molar-refractivity contribution is -0.138. The van der Waals surface area contributed by atoms with Crippen molar-refractivity contribution >= 4 is 40.5 Å². The summed E-state index contributed by atoms with van der Waals surface area (Å²) in [6, 6.07) is 6.54. The van der Waals surface area contributed by atoms with Gasteiger partial charge in [0.2, 0.25) is 5.91 Å². The number of nitrogens with two attached hydrogens (primary N) is 2. The van der Waals surface area contributed by atoms with Gasteiger partial charge in [-0.3, -0.25) is 19.4 Å². The smallest absolute Gasteiger partial charge is 0.409 e. The Morgan fingerprint density at radius 1 is 1.15 bits per heavy atom. The number of rotatable bonds is 7. The van der Waals surface area contributed by atoms with E-state index < -0.39 is 23.9 Å². The van der Waals surface area contributed by atoms with Crippen LogP contribution >= 0.6 is 0 Å². The quantitative estimate of drug-likeness (QED) is 0.520. The Morgan fingerprint density at radius 2 is 1.82 bits per heavy atom. The number of carboxylic acids is 1. The molecule has 1 aromatic heterocycles. The molecular weight excluding hydrogens is 430 g/mol. The molecule has 0 radical (unpaired) electrons. The molecule has 1 aliphatic heterocycles. The van der Waals surface area contributed by atoms with Crippen LogP contribution in [-0.2, 0) is 14.3 Å². The molecule has 2 heterocycles. The SMILES string of the molecule is CCOC(=O)N1CCN(C(=O)C(CCC(=O)O)c2nc3cccc(N)c3cc2C(N)=O)CC1.